The molecule has 1 heterocycles. The number of rotatable bonds is 6. The third kappa shape index (κ3) is 5.13. The molecule has 0 bridgehead atoms. The lowest BCUT2D eigenvalue weighted by atomic mass is 10.2. The zero-order chi connectivity index (χ0) is 21.0. The fourth-order valence-electron chi connectivity index (χ4n) is 2.83. The first-order valence-electron chi connectivity index (χ1n) is 9.26. The molecule has 7 heteroatoms. The fourth-order valence-corrected chi connectivity index (χ4v) is 2.83. The van der Waals surface area contributed by atoms with Gasteiger partial charge in [-0.1, -0.05) is 30.3 Å². The van der Waals surface area contributed by atoms with Gasteiger partial charge in [-0.15, -0.1) is 0 Å². The molecule has 0 radical (unpaired) electrons. The average Bonchev–Trinajstić information content (AvgIpc) is 2.69. The number of nitrogens with one attached hydrogen (secondary N) is 1. The molecule has 150 valence electrons. The molecule has 3 aromatic rings. The highest BCUT2D eigenvalue weighted by Crippen LogP contribution is 2.19. The van der Waals surface area contributed by atoms with Crippen LogP contribution < -0.4 is 10.2 Å². The molecule has 0 unspecified atom stereocenters. The van der Waals surface area contributed by atoms with Crippen LogP contribution in [0.1, 0.15) is 35.6 Å². The maximum absolute atomic E-state index is 13.4. The molecule has 0 aliphatic rings. The molecule has 2 aromatic carbocycles. The highest BCUT2D eigenvalue weighted by atomic mass is 19.2. The smallest absolute Gasteiger partial charge is 0.274 e. The number of hydrogen-bond donors (Lipinski definition) is 1. The third-order valence-electron chi connectivity index (χ3n) is 4.33. The predicted molar refractivity (Wildman–Crippen MR) is 109 cm³/mol. The molecule has 29 heavy (non-hydrogen) atoms. The van der Waals surface area contributed by atoms with Gasteiger partial charge in [0, 0.05) is 30.0 Å². The molecule has 0 saturated heterocycles. The monoisotopic (exact) mass is 396 g/mol. The minimum Gasteiger partial charge on any atom is -0.334 e. The van der Waals surface area contributed by atoms with Gasteiger partial charge in [0.2, 0.25) is 5.95 Å². The number of aryl methyl sites for hydroxylation is 1. The number of halogens is 2. The molecule has 1 aromatic heterocycles. The lowest BCUT2D eigenvalue weighted by Gasteiger charge is -2.27. The summed E-state index contributed by atoms with van der Waals surface area (Å²) in [6.07, 6.45) is 0. The Kier molecular flexibility index (Phi) is 6.16. The molecule has 0 spiro atoms. The number of nitrogens with zero attached hydrogens (tertiary/aromatic N) is 3. The molecule has 0 aliphatic carbocycles. The van der Waals surface area contributed by atoms with Crippen LogP contribution in [0.4, 0.5) is 20.4 Å². The van der Waals surface area contributed by atoms with Gasteiger partial charge in [-0.3, -0.25) is 4.79 Å². The maximum Gasteiger partial charge on any atom is 0.274 e. The molecular weight excluding hydrogens is 374 g/mol. The van der Waals surface area contributed by atoms with E-state index in [1.165, 1.54) is 6.07 Å². The van der Waals surface area contributed by atoms with Crippen molar-refractivity contribution in [1.29, 1.82) is 0 Å². The van der Waals surface area contributed by atoms with Gasteiger partial charge in [-0.2, -0.15) is 0 Å². The van der Waals surface area contributed by atoms with Crippen molar-refractivity contribution in [2.75, 3.05) is 10.2 Å². The largest absolute Gasteiger partial charge is 0.334 e. The first-order chi connectivity index (χ1) is 13.8. The van der Waals surface area contributed by atoms with E-state index in [4.69, 9.17) is 0 Å². The van der Waals surface area contributed by atoms with Crippen molar-refractivity contribution in [3.8, 4) is 0 Å². The van der Waals surface area contributed by atoms with Crippen LogP contribution in [-0.2, 0) is 6.54 Å². The lowest BCUT2D eigenvalue weighted by molar-refractivity contribution is 0.102. The van der Waals surface area contributed by atoms with E-state index in [1.807, 2.05) is 49.1 Å². The molecule has 0 aliphatic heterocycles. The van der Waals surface area contributed by atoms with Gasteiger partial charge in [0.15, 0.2) is 11.6 Å². The summed E-state index contributed by atoms with van der Waals surface area (Å²) in [7, 11) is 0. The second kappa shape index (κ2) is 8.77. The Labute approximate surface area is 168 Å². The van der Waals surface area contributed by atoms with Crippen molar-refractivity contribution in [3.63, 3.8) is 0 Å². The van der Waals surface area contributed by atoms with Crippen LogP contribution in [0, 0.1) is 18.6 Å². The van der Waals surface area contributed by atoms with Gasteiger partial charge < -0.3 is 10.2 Å². The maximum atomic E-state index is 13.4. The van der Waals surface area contributed by atoms with Gasteiger partial charge in [0.05, 0.1) is 0 Å². The van der Waals surface area contributed by atoms with Crippen molar-refractivity contribution in [2.24, 2.45) is 0 Å². The summed E-state index contributed by atoms with van der Waals surface area (Å²) in [5.74, 6) is -2.10. The second-order valence-electron chi connectivity index (χ2n) is 6.98. The summed E-state index contributed by atoms with van der Waals surface area (Å²) >= 11 is 0. The van der Waals surface area contributed by atoms with Crippen LogP contribution in [0.25, 0.3) is 0 Å². The highest BCUT2D eigenvalue weighted by Gasteiger charge is 2.18. The molecule has 3 rings (SSSR count). The number of aromatic nitrogens is 2. The summed E-state index contributed by atoms with van der Waals surface area (Å²) in [4.78, 5) is 23.5. The first kappa shape index (κ1) is 20.4. The standard InChI is InChI=1S/C22H22F2N4O/c1-14(2)28(13-16-7-5-4-6-8-16)22-25-15(3)11-20(27-22)21(29)26-17-9-10-18(23)19(24)12-17/h4-12,14H,13H2,1-3H3,(H,26,29). The first-order valence-corrected chi connectivity index (χ1v) is 9.26. The van der Waals surface area contributed by atoms with Gasteiger partial charge in [0.1, 0.15) is 5.69 Å². The van der Waals surface area contributed by atoms with Crippen LogP contribution >= 0.6 is 0 Å². The summed E-state index contributed by atoms with van der Waals surface area (Å²) in [6, 6.07) is 14.7. The normalized spacial score (nSPS) is 10.8. The Morgan fingerprint density at radius 1 is 1.03 bits per heavy atom. The molecule has 5 nitrogen and oxygen atoms in total. The number of carbonyl (C=O) groups is 1. The van der Waals surface area contributed by atoms with E-state index >= 15 is 0 Å². The summed E-state index contributed by atoms with van der Waals surface area (Å²) in [5, 5.41) is 2.54. The number of amides is 1. The lowest BCUT2D eigenvalue weighted by Crippen LogP contribution is -2.32. The minimum absolute atomic E-state index is 0.0964. The molecular formula is C22H22F2N4O. The van der Waals surface area contributed by atoms with Gasteiger partial charge >= 0.3 is 0 Å². The Morgan fingerprint density at radius 2 is 1.76 bits per heavy atom. The van der Waals surface area contributed by atoms with Crippen molar-refractivity contribution >= 4 is 17.5 Å². The van der Waals surface area contributed by atoms with Crippen molar-refractivity contribution in [1.82, 2.24) is 9.97 Å². The quantitative estimate of drug-likeness (QED) is 0.654. The van der Waals surface area contributed by atoms with E-state index in [0.29, 0.717) is 18.2 Å². The molecule has 0 saturated carbocycles. The van der Waals surface area contributed by atoms with Crippen LogP contribution in [0.2, 0.25) is 0 Å². The number of carbonyl (C=O) groups excluding carboxylic acids is 1. The molecule has 0 fully saturated rings. The topological polar surface area (TPSA) is 58.1 Å². The Balaban J connectivity index is 1.87. The minimum atomic E-state index is -1.03. The molecule has 1 N–H and O–H groups in total. The zero-order valence-electron chi connectivity index (χ0n) is 16.5. The Hall–Kier alpha value is -3.35. The molecule has 1 amide bonds. The summed E-state index contributed by atoms with van der Waals surface area (Å²) < 4.78 is 26.5. The second-order valence-corrected chi connectivity index (χ2v) is 6.98. The Morgan fingerprint density at radius 3 is 2.41 bits per heavy atom. The van der Waals surface area contributed by atoms with Crippen molar-refractivity contribution in [2.45, 2.75) is 33.4 Å². The van der Waals surface area contributed by atoms with Crippen LogP contribution in [-0.4, -0.2) is 21.9 Å². The number of hydrogen-bond acceptors (Lipinski definition) is 4. The van der Waals surface area contributed by atoms with Crippen LogP contribution in [0.3, 0.4) is 0 Å². The zero-order valence-corrected chi connectivity index (χ0v) is 16.5. The van der Waals surface area contributed by atoms with Gasteiger partial charge in [-0.05, 0) is 44.5 Å². The third-order valence-corrected chi connectivity index (χ3v) is 4.33. The van der Waals surface area contributed by atoms with Gasteiger partial charge in [-0.25, -0.2) is 18.7 Å². The SMILES string of the molecule is Cc1cc(C(=O)Nc2ccc(F)c(F)c2)nc(N(Cc2ccccc2)C(C)C)n1. The highest BCUT2D eigenvalue weighted by molar-refractivity contribution is 6.03. The van der Waals surface area contributed by atoms with E-state index in [9.17, 15) is 13.6 Å². The average molecular weight is 396 g/mol. The van der Waals surface area contributed by atoms with E-state index in [1.54, 1.807) is 13.0 Å². The predicted octanol–water partition coefficient (Wildman–Crippen LogP) is 4.73. The van der Waals surface area contributed by atoms with Crippen molar-refractivity contribution in [3.05, 3.63) is 83.2 Å². The van der Waals surface area contributed by atoms with E-state index in [0.717, 1.165) is 17.7 Å². The summed E-state index contributed by atoms with van der Waals surface area (Å²) in [5.41, 5.74) is 2.02. The fraction of sp³-hybridized carbons (Fsp3) is 0.227. The van der Waals surface area contributed by atoms with Crippen LogP contribution in [0.15, 0.2) is 54.6 Å². The van der Waals surface area contributed by atoms with Crippen LogP contribution in [0.5, 0.6) is 0 Å². The molecule has 0 atom stereocenters. The Bertz CT molecular complexity index is 1010. The van der Waals surface area contributed by atoms with Crippen molar-refractivity contribution < 1.29 is 13.6 Å². The van der Waals surface area contributed by atoms with E-state index in [-0.39, 0.29) is 17.4 Å². The van der Waals surface area contributed by atoms with E-state index in [2.05, 4.69) is 15.3 Å². The van der Waals surface area contributed by atoms with Gasteiger partial charge in [0.25, 0.3) is 5.91 Å². The number of anilines is 2. The van der Waals surface area contributed by atoms with E-state index < -0.39 is 17.5 Å². The number of benzene rings is 2. The summed E-state index contributed by atoms with van der Waals surface area (Å²) in [6.45, 7) is 6.41.